The van der Waals surface area contributed by atoms with Crippen molar-refractivity contribution < 1.29 is 4.79 Å². The molecule has 4 heteroatoms. The standard InChI is InChI=1S/C13H27N3O/c1-10(2)15-13(17)6-8-16-7-4-5-12(9-16)11(3)14/h10-12H,4-9,14H2,1-3H3,(H,15,17). The van der Waals surface area contributed by atoms with Crippen molar-refractivity contribution in [2.75, 3.05) is 19.6 Å². The van der Waals surface area contributed by atoms with Gasteiger partial charge in [-0.25, -0.2) is 0 Å². The summed E-state index contributed by atoms with van der Waals surface area (Å²) in [5.74, 6) is 0.750. The van der Waals surface area contributed by atoms with Crippen LogP contribution < -0.4 is 11.1 Å². The number of amides is 1. The topological polar surface area (TPSA) is 58.4 Å². The van der Waals surface area contributed by atoms with Gasteiger partial charge in [-0.3, -0.25) is 4.79 Å². The maximum Gasteiger partial charge on any atom is 0.221 e. The Hall–Kier alpha value is -0.610. The van der Waals surface area contributed by atoms with Gasteiger partial charge in [0.2, 0.25) is 5.91 Å². The van der Waals surface area contributed by atoms with Crippen molar-refractivity contribution in [2.45, 2.75) is 52.1 Å². The SMILES string of the molecule is CC(C)NC(=O)CCN1CCCC(C(C)N)C1. The summed E-state index contributed by atoms with van der Waals surface area (Å²) >= 11 is 0. The van der Waals surface area contributed by atoms with Crippen LogP contribution in [-0.2, 0) is 4.79 Å². The van der Waals surface area contributed by atoms with Crippen LogP contribution in [0, 0.1) is 5.92 Å². The van der Waals surface area contributed by atoms with Crippen molar-refractivity contribution in [3.63, 3.8) is 0 Å². The summed E-state index contributed by atoms with van der Waals surface area (Å²) < 4.78 is 0. The summed E-state index contributed by atoms with van der Waals surface area (Å²) in [4.78, 5) is 13.9. The Bertz CT molecular complexity index is 241. The van der Waals surface area contributed by atoms with Crippen molar-refractivity contribution in [3.05, 3.63) is 0 Å². The molecule has 4 nitrogen and oxygen atoms in total. The van der Waals surface area contributed by atoms with Gasteiger partial charge in [0, 0.05) is 31.6 Å². The van der Waals surface area contributed by atoms with E-state index in [1.165, 1.54) is 12.8 Å². The summed E-state index contributed by atoms with van der Waals surface area (Å²) in [5.41, 5.74) is 5.95. The molecule has 0 aromatic rings. The van der Waals surface area contributed by atoms with Crippen molar-refractivity contribution in [1.82, 2.24) is 10.2 Å². The van der Waals surface area contributed by atoms with E-state index in [2.05, 4.69) is 17.1 Å². The number of nitrogens with two attached hydrogens (primary N) is 1. The van der Waals surface area contributed by atoms with Gasteiger partial charge in [0.05, 0.1) is 0 Å². The Morgan fingerprint density at radius 1 is 1.47 bits per heavy atom. The van der Waals surface area contributed by atoms with E-state index < -0.39 is 0 Å². The van der Waals surface area contributed by atoms with E-state index in [4.69, 9.17) is 5.73 Å². The van der Waals surface area contributed by atoms with Crippen LogP contribution in [0.3, 0.4) is 0 Å². The molecule has 1 aliphatic rings. The molecular formula is C13H27N3O. The van der Waals surface area contributed by atoms with Crippen LogP contribution in [-0.4, -0.2) is 42.5 Å². The zero-order valence-corrected chi connectivity index (χ0v) is 11.4. The maximum absolute atomic E-state index is 11.5. The lowest BCUT2D eigenvalue weighted by Gasteiger charge is -2.34. The molecule has 3 N–H and O–H groups in total. The van der Waals surface area contributed by atoms with Crippen molar-refractivity contribution in [2.24, 2.45) is 11.7 Å². The van der Waals surface area contributed by atoms with Gasteiger partial charge in [-0.15, -0.1) is 0 Å². The van der Waals surface area contributed by atoms with Crippen LogP contribution >= 0.6 is 0 Å². The summed E-state index contributed by atoms with van der Waals surface area (Å²) in [6, 6.07) is 0.503. The number of carbonyl (C=O) groups excluding carboxylic acids is 1. The molecule has 0 radical (unpaired) electrons. The van der Waals surface area contributed by atoms with E-state index in [1.54, 1.807) is 0 Å². The first-order chi connectivity index (χ1) is 7.99. The first-order valence-corrected chi connectivity index (χ1v) is 6.76. The fraction of sp³-hybridized carbons (Fsp3) is 0.923. The molecular weight excluding hydrogens is 214 g/mol. The lowest BCUT2D eigenvalue weighted by Crippen LogP contribution is -2.43. The van der Waals surface area contributed by atoms with Gasteiger partial charge in [0.1, 0.15) is 0 Å². The van der Waals surface area contributed by atoms with Crippen LogP contribution in [0.2, 0.25) is 0 Å². The molecule has 1 aliphatic heterocycles. The van der Waals surface area contributed by atoms with Crippen LogP contribution in [0.1, 0.15) is 40.0 Å². The van der Waals surface area contributed by atoms with Crippen molar-refractivity contribution in [1.29, 1.82) is 0 Å². The van der Waals surface area contributed by atoms with Crippen molar-refractivity contribution in [3.8, 4) is 0 Å². The molecule has 0 bridgehead atoms. The quantitative estimate of drug-likeness (QED) is 0.754. The summed E-state index contributed by atoms with van der Waals surface area (Å²) in [6.07, 6.45) is 3.04. The van der Waals surface area contributed by atoms with Crippen molar-refractivity contribution >= 4 is 5.91 Å². The van der Waals surface area contributed by atoms with Gasteiger partial charge in [-0.1, -0.05) is 0 Å². The van der Waals surface area contributed by atoms with Gasteiger partial charge in [-0.2, -0.15) is 0 Å². The normalized spacial score (nSPS) is 23.7. The molecule has 0 saturated carbocycles. The smallest absolute Gasteiger partial charge is 0.221 e. The van der Waals surface area contributed by atoms with Gasteiger partial charge >= 0.3 is 0 Å². The largest absolute Gasteiger partial charge is 0.354 e. The van der Waals surface area contributed by atoms with Gasteiger partial charge in [0.15, 0.2) is 0 Å². The maximum atomic E-state index is 11.5. The number of likely N-dealkylation sites (tertiary alicyclic amines) is 1. The Morgan fingerprint density at radius 2 is 2.18 bits per heavy atom. The second-order valence-electron chi connectivity index (χ2n) is 5.53. The molecule has 0 aliphatic carbocycles. The minimum absolute atomic E-state index is 0.155. The number of hydrogen-bond acceptors (Lipinski definition) is 3. The van der Waals surface area contributed by atoms with E-state index >= 15 is 0 Å². The van der Waals surface area contributed by atoms with Gasteiger partial charge in [-0.05, 0) is 46.1 Å². The lowest BCUT2D eigenvalue weighted by atomic mass is 9.92. The third-order valence-electron chi connectivity index (χ3n) is 3.39. The molecule has 100 valence electrons. The molecule has 0 aromatic heterocycles. The number of carbonyl (C=O) groups is 1. The molecule has 1 saturated heterocycles. The average molecular weight is 241 g/mol. The molecule has 1 fully saturated rings. The summed E-state index contributed by atoms with van der Waals surface area (Å²) in [5, 5.41) is 2.93. The van der Waals surface area contributed by atoms with E-state index in [1.807, 2.05) is 13.8 Å². The number of nitrogens with one attached hydrogen (secondary N) is 1. The fourth-order valence-electron chi connectivity index (χ4n) is 2.38. The Morgan fingerprint density at radius 3 is 2.76 bits per heavy atom. The Labute approximate surface area is 105 Å². The highest BCUT2D eigenvalue weighted by molar-refractivity contribution is 5.76. The molecule has 2 atom stereocenters. The number of hydrogen-bond donors (Lipinski definition) is 2. The van der Waals surface area contributed by atoms with Crippen LogP contribution in [0.5, 0.6) is 0 Å². The van der Waals surface area contributed by atoms with E-state index in [0.717, 1.165) is 19.6 Å². The highest BCUT2D eigenvalue weighted by atomic mass is 16.1. The first-order valence-electron chi connectivity index (χ1n) is 6.76. The second-order valence-corrected chi connectivity index (χ2v) is 5.53. The van der Waals surface area contributed by atoms with E-state index in [9.17, 15) is 4.79 Å². The average Bonchev–Trinajstić information content (AvgIpc) is 2.26. The minimum Gasteiger partial charge on any atom is -0.354 e. The first kappa shape index (κ1) is 14.5. The highest BCUT2D eigenvalue weighted by Gasteiger charge is 2.22. The molecule has 17 heavy (non-hydrogen) atoms. The summed E-state index contributed by atoms with van der Waals surface area (Å²) in [7, 11) is 0. The number of piperidine rings is 1. The monoisotopic (exact) mass is 241 g/mol. The summed E-state index contributed by atoms with van der Waals surface area (Å²) in [6.45, 7) is 9.09. The van der Waals surface area contributed by atoms with Crippen LogP contribution in [0.25, 0.3) is 0 Å². The lowest BCUT2D eigenvalue weighted by molar-refractivity contribution is -0.122. The third-order valence-corrected chi connectivity index (χ3v) is 3.39. The molecule has 0 aromatic carbocycles. The molecule has 1 amide bonds. The van der Waals surface area contributed by atoms with Gasteiger partial charge in [0.25, 0.3) is 0 Å². The van der Waals surface area contributed by atoms with Crippen LogP contribution in [0.4, 0.5) is 0 Å². The minimum atomic E-state index is 0.155. The zero-order chi connectivity index (χ0) is 12.8. The molecule has 1 heterocycles. The van der Waals surface area contributed by atoms with Crippen LogP contribution in [0.15, 0.2) is 0 Å². The predicted molar refractivity (Wildman–Crippen MR) is 70.7 cm³/mol. The Kier molecular flexibility index (Phi) is 5.92. The number of rotatable bonds is 5. The van der Waals surface area contributed by atoms with E-state index in [0.29, 0.717) is 12.3 Å². The Balaban J connectivity index is 2.25. The van der Waals surface area contributed by atoms with Gasteiger partial charge < -0.3 is 16.0 Å². The highest BCUT2D eigenvalue weighted by Crippen LogP contribution is 2.18. The molecule has 2 unspecified atom stereocenters. The van der Waals surface area contributed by atoms with E-state index in [-0.39, 0.29) is 18.0 Å². The molecule has 0 spiro atoms. The fourth-order valence-corrected chi connectivity index (χ4v) is 2.38. The predicted octanol–water partition coefficient (Wildman–Crippen LogP) is 0.960. The zero-order valence-electron chi connectivity index (χ0n) is 11.4. The molecule has 1 rings (SSSR count). The second kappa shape index (κ2) is 6.97. The third kappa shape index (κ3) is 5.50. The number of nitrogens with zero attached hydrogens (tertiary/aromatic N) is 1.